The van der Waals surface area contributed by atoms with Crippen LogP contribution in [0.5, 0.6) is 5.75 Å². The summed E-state index contributed by atoms with van der Waals surface area (Å²) < 4.78 is 7.09. The number of nitrogens with two attached hydrogens (primary N) is 1. The van der Waals surface area contributed by atoms with Crippen molar-refractivity contribution in [2.45, 2.75) is 13.0 Å². The molecule has 0 radical (unpaired) electrons. The summed E-state index contributed by atoms with van der Waals surface area (Å²) >= 11 is 4.01. The Morgan fingerprint density at radius 1 is 1.35 bits per heavy atom. The zero-order valence-corrected chi connectivity index (χ0v) is 12.5. The maximum Gasteiger partial charge on any atom is 0.145 e. The Hall–Kier alpha value is -0.590. The Balaban J connectivity index is 2.15. The summed E-state index contributed by atoms with van der Waals surface area (Å²) in [5.41, 5.74) is 5.78. The number of thiophene rings is 1. The molecule has 0 fully saturated rings. The molecule has 2 aromatic rings. The molecule has 0 aliphatic rings. The van der Waals surface area contributed by atoms with Crippen LogP contribution in [0.15, 0.2) is 36.4 Å². The Morgan fingerprint density at radius 3 is 2.76 bits per heavy atom. The van der Waals surface area contributed by atoms with Crippen molar-refractivity contribution in [1.82, 2.24) is 0 Å². The van der Waals surface area contributed by atoms with E-state index in [-0.39, 0.29) is 6.10 Å². The minimum atomic E-state index is -0.0492. The van der Waals surface area contributed by atoms with Crippen LogP contribution < -0.4 is 10.5 Å². The largest absolute Gasteiger partial charge is 0.484 e. The third-order valence-electron chi connectivity index (χ3n) is 2.37. The lowest BCUT2D eigenvalue weighted by Gasteiger charge is -2.16. The highest BCUT2D eigenvalue weighted by Gasteiger charge is 2.13. The number of aryl methyl sites for hydroxylation is 1. The molecule has 1 unspecified atom stereocenters. The summed E-state index contributed by atoms with van der Waals surface area (Å²) in [4.78, 5) is 2.47. The van der Waals surface area contributed by atoms with Crippen LogP contribution in [0.3, 0.4) is 0 Å². The highest BCUT2D eigenvalue weighted by atomic mass is 127. The molecule has 0 spiro atoms. The highest BCUT2D eigenvalue weighted by molar-refractivity contribution is 14.1. The zero-order chi connectivity index (χ0) is 12.3. The van der Waals surface area contributed by atoms with Gasteiger partial charge in [-0.3, -0.25) is 0 Å². The van der Waals surface area contributed by atoms with Gasteiger partial charge in [-0.05, 0) is 59.8 Å². The lowest BCUT2D eigenvalue weighted by molar-refractivity contribution is 0.218. The molecule has 0 saturated carbocycles. The lowest BCUT2D eigenvalue weighted by atomic mass is 10.3. The van der Waals surface area contributed by atoms with E-state index in [4.69, 9.17) is 10.5 Å². The summed E-state index contributed by atoms with van der Waals surface area (Å²) in [6.45, 7) is 2.58. The molecule has 1 aromatic heterocycles. The first-order valence-corrected chi connectivity index (χ1v) is 7.27. The van der Waals surface area contributed by atoms with Gasteiger partial charge in [0.15, 0.2) is 0 Å². The average Bonchev–Trinajstić information content (AvgIpc) is 2.73. The second-order valence-electron chi connectivity index (χ2n) is 3.75. The van der Waals surface area contributed by atoms with E-state index in [0.29, 0.717) is 6.54 Å². The molecule has 0 bridgehead atoms. The molecule has 0 saturated heterocycles. The van der Waals surface area contributed by atoms with Crippen molar-refractivity contribution in [3.05, 3.63) is 49.7 Å². The summed E-state index contributed by atoms with van der Waals surface area (Å²) in [7, 11) is 0. The van der Waals surface area contributed by atoms with Crippen molar-refractivity contribution in [1.29, 1.82) is 0 Å². The van der Waals surface area contributed by atoms with E-state index in [1.54, 1.807) is 11.3 Å². The second kappa shape index (κ2) is 5.84. The van der Waals surface area contributed by atoms with Crippen LogP contribution in [0, 0.1) is 10.5 Å². The van der Waals surface area contributed by atoms with Crippen molar-refractivity contribution in [2.75, 3.05) is 6.54 Å². The van der Waals surface area contributed by atoms with Crippen LogP contribution in [0.2, 0.25) is 0 Å². The quantitative estimate of drug-likeness (QED) is 0.845. The first kappa shape index (κ1) is 12.9. The Morgan fingerprint density at radius 2 is 2.18 bits per heavy atom. The molecular formula is C13H14INOS. The number of halogens is 1. The summed E-state index contributed by atoms with van der Waals surface area (Å²) in [6, 6.07) is 12.2. The van der Waals surface area contributed by atoms with Crippen LogP contribution >= 0.6 is 33.9 Å². The lowest BCUT2D eigenvalue weighted by Crippen LogP contribution is -2.17. The van der Waals surface area contributed by atoms with Gasteiger partial charge in [0, 0.05) is 19.9 Å². The molecule has 17 heavy (non-hydrogen) atoms. The fraction of sp³-hybridized carbons (Fsp3) is 0.231. The third-order valence-corrected chi connectivity index (χ3v) is 4.13. The Labute approximate surface area is 119 Å². The van der Waals surface area contributed by atoms with Gasteiger partial charge in [0.05, 0.1) is 0 Å². The van der Waals surface area contributed by atoms with Gasteiger partial charge in [0.25, 0.3) is 0 Å². The first-order chi connectivity index (χ1) is 8.19. The topological polar surface area (TPSA) is 35.2 Å². The van der Waals surface area contributed by atoms with Gasteiger partial charge in [-0.15, -0.1) is 11.3 Å². The molecule has 2 rings (SSSR count). The fourth-order valence-electron chi connectivity index (χ4n) is 1.55. The molecule has 2 N–H and O–H groups in total. The predicted molar refractivity (Wildman–Crippen MR) is 80.6 cm³/mol. The van der Waals surface area contributed by atoms with Crippen LogP contribution in [-0.2, 0) is 0 Å². The molecule has 0 amide bonds. The molecule has 4 heteroatoms. The molecule has 0 aliphatic carbocycles. The van der Waals surface area contributed by atoms with Crippen LogP contribution in [-0.4, -0.2) is 6.54 Å². The van der Waals surface area contributed by atoms with Crippen molar-refractivity contribution in [3.63, 3.8) is 0 Å². The smallest absolute Gasteiger partial charge is 0.145 e. The van der Waals surface area contributed by atoms with Crippen molar-refractivity contribution in [3.8, 4) is 5.75 Å². The normalized spacial score (nSPS) is 12.4. The number of hydrogen-bond acceptors (Lipinski definition) is 3. The maximum atomic E-state index is 5.92. The Bertz CT molecular complexity index is 498. The Kier molecular flexibility index (Phi) is 4.42. The van der Waals surface area contributed by atoms with Gasteiger partial charge in [-0.2, -0.15) is 0 Å². The summed E-state index contributed by atoms with van der Waals surface area (Å²) in [5, 5.41) is 0. The van der Waals surface area contributed by atoms with Gasteiger partial charge in [0.2, 0.25) is 0 Å². The SMILES string of the molecule is Cc1ccc(C(CN)Oc2cccc(I)c2)s1. The van der Waals surface area contributed by atoms with Gasteiger partial charge in [-0.25, -0.2) is 0 Å². The monoisotopic (exact) mass is 359 g/mol. The van der Waals surface area contributed by atoms with Gasteiger partial charge in [-0.1, -0.05) is 6.07 Å². The van der Waals surface area contributed by atoms with Crippen LogP contribution in [0.25, 0.3) is 0 Å². The highest BCUT2D eigenvalue weighted by Crippen LogP contribution is 2.27. The number of rotatable bonds is 4. The predicted octanol–water partition coefficient (Wildman–Crippen LogP) is 3.74. The van der Waals surface area contributed by atoms with E-state index in [2.05, 4.69) is 41.6 Å². The van der Waals surface area contributed by atoms with Crippen molar-refractivity contribution < 1.29 is 4.74 Å². The maximum absolute atomic E-state index is 5.92. The van der Waals surface area contributed by atoms with Crippen molar-refractivity contribution in [2.24, 2.45) is 5.73 Å². The van der Waals surface area contributed by atoms with E-state index in [1.165, 1.54) is 13.3 Å². The third kappa shape index (κ3) is 3.43. The van der Waals surface area contributed by atoms with Crippen molar-refractivity contribution >= 4 is 33.9 Å². The molecular weight excluding hydrogens is 345 g/mol. The van der Waals surface area contributed by atoms with E-state index in [1.807, 2.05) is 24.3 Å². The fourth-order valence-corrected chi connectivity index (χ4v) is 2.99. The van der Waals surface area contributed by atoms with Crippen LogP contribution in [0.4, 0.5) is 0 Å². The number of ether oxygens (including phenoxy) is 1. The number of benzene rings is 1. The molecule has 0 aliphatic heterocycles. The zero-order valence-electron chi connectivity index (χ0n) is 9.52. The minimum absolute atomic E-state index is 0.0492. The van der Waals surface area contributed by atoms with Gasteiger partial charge < -0.3 is 10.5 Å². The van der Waals surface area contributed by atoms with Gasteiger partial charge in [0.1, 0.15) is 11.9 Å². The molecule has 2 nitrogen and oxygen atoms in total. The number of hydrogen-bond donors (Lipinski definition) is 1. The minimum Gasteiger partial charge on any atom is -0.484 e. The first-order valence-electron chi connectivity index (χ1n) is 5.37. The van der Waals surface area contributed by atoms with E-state index in [0.717, 1.165) is 5.75 Å². The summed E-state index contributed by atoms with van der Waals surface area (Å²) in [6.07, 6.45) is -0.0492. The molecule has 90 valence electrons. The van der Waals surface area contributed by atoms with E-state index >= 15 is 0 Å². The molecule has 1 heterocycles. The van der Waals surface area contributed by atoms with Gasteiger partial charge >= 0.3 is 0 Å². The summed E-state index contributed by atoms with van der Waals surface area (Å²) in [5.74, 6) is 0.874. The average molecular weight is 359 g/mol. The van der Waals surface area contributed by atoms with E-state index < -0.39 is 0 Å². The molecule has 1 aromatic carbocycles. The van der Waals surface area contributed by atoms with E-state index in [9.17, 15) is 0 Å². The second-order valence-corrected chi connectivity index (χ2v) is 6.31. The standard InChI is InChI=1S/C13H14INOS/c1-9-5-6-13(17-9)12(8-15)16-11-4-2-3-10(14)7-11/h2-7,12H,8,15H2,1H3. The molecule has 1 atom stereocenters. The van der Waals surface area contributed by atoms with Crippen LogP contribution in [0.1, 0.15) is 15.9 Å².